The molecule has 1 aromatic heterocycles. The van der Waals surface area contributed by atoms with Crippen molar-refractivity contribution in [3.63, 3.8) is 0 Å². The van der Waals surface area contributed by atoms with Crippen molar-refractivity contribution >= 4 is 28.4 Å². The van der Waals surface area contributed by atoms with Crippen LogP contribution in [0.2, 0.25) is 0 Å². The summed E-state index contributed by atoms with van der Waals surface area (Å²) < 4.78 is 0. The summed E-state index contributed by atoms with van der Waals surface area (Å²) in [5, 5.41) is 4.32. The molecule has 0 saturated carbocycles. The number of nitrogens with one attached hydrogen (secondary N) is 1. The first-order chi connectivity index (χ1) is 16.5. The number of benzene rings is 4. The summed E-state index contributed by atoms with van der Waals surface area (Å²) >= 11 is 0. The zero-order valence-corrected chi connectivity index (χ0v) is 19.0. The number of fused-ring (bicyclic) bond motifs is 1. The lowest BCUT2D eigenvalue weighted by atomic mass is 9.95. The van der Waals surface area contributed by atoms with Crippen LogP contribution in [0, 0.1) is 13.8 Å². The van der Waals surface area contributed by atoms with Crippen molar-refractivity contribution in [2.45, 2.75) is 13.8 Å². The van der Waals surface area contributed by atoms with Crippen LogP contribution in [0.3, 0.4) is 0 Å². The fourth-order valence-electron chi connectivity index (χ4n) is 4.28. The topological polar surface area (TPSA) is 80.9 Å². The minimum absolute atomic E-state index is 0.464. The molecule has 4 aromatic carbocycles. The lowest BCUT2D eigenvalue weighted by molar-refractivity contribution is 0.100. The highest BCUT2D eigenvalue weighted by atomic mass is 16.1. The molecule has 0 unspecified atom stereocenters. The highest BCUT2D eigenvalue weighted by Crippen LogP contribution is 2.31. The number of aromatic nitrogens is 2. The second-order valence-corrected chi connectivity index (χ2v) is 8.40. The monoisotopic (exact) mass is 444 g/mol. The summed E-state index contributed by atoms with van der Waals surface area (Å²) in [5.41, 5.74) is 13.6. The normalized spacial score (nSPS) is 10.9. The summed E-state index contributed by atoms with van der Waals surface area (Å²) in [5.74, 6) is 0.0183. The molecule has 3 N–H and O–H groups in total. The first kappa shape index (κ1) is 21.3. The van der Waals surface area contributed by atoms with Crippen LogP contribution in [0.5, 0.6) is 0 Å². The summed E-state index contributed by atoms with van der Waals surface area (Å²) in [6.07, 6.45) is 0. The molecule has 1 amide bonds. The lowest BCUT2D eigenvalue weighted by Crippen LogP contribution is -2.12. The van der Waals surface area contributed by atoms with Gasteiger partial charge in [-0.05, 0) is 49.2 Å². The molecule has 0 spiro atoms. The minimum atomic E-state index is -0.464. The Labute approximate surface area is 198 Å². The van der Waals surface area contributed by atoms with Crippen molar-refractivity contribution in [3.8, 4) is 22.4 Å². The maximum absolute atomic E-state index is 12.2. The molecule has 0 fully saturated rings. The van der Waals surface area contributed by atoms with Gasteiger partial charge >= 0.3 is 0 Å². The van der Waals surface area contributed by atoms with Gasteiger partial charge in [0, 0.05) is 22.2 Å². The highest BCUT2D eigenvalue weighted by Gasteiger charge is 2.14. The van der Waals surface area contributed by atoms with Crippen LogP contribution >= 0.6 is 0 Å². The molecule has 5 heteroatoms. The van der Waals surface area contributed by atoms with Crippen molar-refractivity contribution in [3.05, 3.63) is 108 Å². The van der Waals surface area contributed by atoms with Crippen molar-refractivity contribution in [1.82, 2.24) is 9.97 Å². The van der Waals surface area contributed by atoms with Crippen LogP contribution in [0.4, 0.5) is 11.6 Å². The molecule has 5 rings (SSSR count). The van der Waals surface area contributed by atoms with Crippen molar-refractivity contribution < 1.29 is 4.79 Å². The Morgan fingerprint density at radius 1 is 0.765 bits per heavy atom. The molecule has 0 saturated heterocycles. The van der Waals surface area contributed by atoms with Crippen LogP contribution in [-0.2, 0) is 0 Å². The quantitative estimate of drug-likeness (QED) is 0.328. The van der Waals surface area contributed by atoms with Gasteiger partial charge in [0.05, 0.1) is 11.2 Å². The van der Waals surface area contributed by atoms with E-state index >= 15 is 0 Å². The van der Waals surface area contributed by atoms with E-state index in [9.17, 15) is 4.79 Å². The third-order valence-electron chi connectivity index (χ3n) is 5.72. The van der Waals surface area contributed by atoms with Crippen LogP contribution in [0.25, 0.3) is 33.3 Å². The Morgan fingerprint density at radius 2 is 1.47 bits per heavy atom. The van der Waals surface area contributed by atoms with Gasteiger partial charge in [-0.1, -0.05) is 77.9 Å². The van der Waals surface area contributed by atoms with E-state index in [2.05, 4.69) is 23.5 Å². The fraction of sp³-hybridized carbons (Fsp3) is 0.0690. The van der Waals surface area contributed by atoms with E-state index in [0.717, 1.165) is 50.1 Å². The first-order valence-electron chi connectivity index (χ1n) is 11.1. The second-order valence-electron chi connectivity index (χ2n) is 8.40. The third-order valence-corrected chi connectivity index (χ3v) is 5.72. The zero-order chi connectivity index (χ0) is 23.7. The fourth-order valence-corrected chi connectivity index (χ4v) is 4.28. The summed E-state index contributed by atoms with van der Waals surface area (Å²) in [6.45, 7) is 4.08. The number of anilines is 2. The highest BCUT2D eigenvalue weighted by molar-refractivity contribution is 6.01. The zero-order valence-electron chi connectivity index (χ0n) is 19.0. The molecule has 0 aliphatic rings. The molecule has 0 radical (unpaired) electrons. The van der Waals surface area contributed by atoms with Gasteiger partial charge in [0.2, 0.25) is 11.9 Å². The first-order valence-corrected chi connectivity index (χ1v) is 11.1. The number of aryl methyl sites for hydroxylation is 2. The Balaban J connectivity index is 1.61. The van der Waals surface area contributed by atoms with Gasteiger partial charge < -0.3 is 11.1 Å². The molecule has 34 heavy (non-hydrogen) atoms. The van der Waals surface area contributed by atoms with E-state index in [1.165, 1.54) is 0 Å². The molecule has 1 heterocycles. The van der Waals surface area contributed by atoms with Crippen LogP contribution < -0.4 is 11.1 Å². The molecule has 5 nitrogen and oxygen atoms in total. The van der Waals surface area contributed by atoms with Crippen molar-refractivity contribution in [1.29, 1.82) is 0 Å². The number of para-hydroxylation sites is 1. The van der Waals surface area contributed by atoms with Gasteiger partial charge in [-0.15, -0.1) is 0 Å². The SMILES string of the molecule is Cc1cc(C)cc(-c2cc(Nc3nc(-c4ccccc4)c4ccccc4n3)ccc2C(N)=O)c1. The van der Waals surface area contributed by atoms with E-state index in [0.29, 0.717) is 11.5 Å². The number of amides is 1. The van der Waals surface area contributed by atoms with Gasteiger partial charge in [-0.25, -0.2) is 9.97 Å². The van der Waals surface area contributed by atoms with Gasteiger partial charge in [-0.2, -0.15) is 0 Å². The summed E-state index contributed by atoms with van der Waals surface area (Å²) in [4.78, 5) is 21.7. The minimum Gasteiger partial charge on any atom is -0.366 e. The number of hydrogen-bond acceptors (Lipinski definition) is 4. The molecule has 0 aliphatic heterocycles. The molecule has 166 valence electrons. The smallest absolute Gasteiger partial charge is 0.249 e. The second kappa shape index (κ2) is 8.79. The van der Waals surface area contributed by atoms with E-state index in [1.54, 1.807) is 6.07 Å². The summed E-state index contributed by atoms with van der Waals surface area (Å²) in [7, 11) is 0. The van der Waals surface area contributed by atoms with Gasteiger partial charge in [0.25, 0.3) is 0 Å². The largest absolute Gasteiger partial charge is 0.366 e. The van der Waals surface area contributed by atoms with E-state index < -0.39 is 5.91 Å². The number of nitrogens with two attached hydrogens (primary N) is 1. The van der Waals surface area contributed by atoms with E-state index in [1.807, 2.05) is 80.6 Å². The third kappa shape index (κ3) is 4.24. The average molecular weight is 445 g/mol. The Hall–Kier alpha value is -4.51. The predicted octanol–water partition coefficient (Wildman–Crippen LogP) is 6.42. The Morgan fingerprint density at radius 3 is 2.21 bits per heavy atom. The molecular formula is C29H24N4O. The Kier molecular flexibility index (Phi) is 5.52. The van der Waals surface area contributed by atoms with Crippen molar-refractivity contribution in [2.75, 3.05) is 5.32 Å². The molecule has 0 bridgehead atoms. The number of carbonyl (C=O) groups excluding carboxylic acids is 1. The summed E-state index contributed by atoms with van der Waals surface area (Å²) in [6, 6.07) is 29.7. The van der Waals surface area contributed by atoms with Crippen LogP contribution in [-0.4, -0.2) is 15.9 Å². The maximum Gasteiger partial charge on any atom is 0.249 e. The lowest BCUT2D eigenvalue weighted by Gasteiger charge is -2.14. The Bertz CT molecular complexity index is 1510. The number of nitrogens with zero attached hydrogens (tertiary/aromatic N) is 2. The molecule has 5 aromatic rings. The standard InChI is InChI=1S/C29H24N4O/c1-18-14-19(2)16-21(15-18)25-17-22(12-13-23(25)28(30)34)31-29-32-26-11-7-6-10-24(26)27(33-29)20-8-4-3-5-9-20/h3-17H,1-2H3,(H2,30,34)(H,31,32,33). The number of rotatable bonds is 5. The van der Waals surface area contributed by atoms with Gasteiger partial charge in [0.15, 0.2) is 0 Å². The van der Waals surface area contributed by atoms with E-state index in [-0.39, 0.29) is 0 Å². The van der Waals surface area contributed by atoms with Gasteiger partial charge in [0.1, 0.15) is 0 Å². The number of hydrogen-bond donors (Lipinski definition) is 2. The molecule has 0 aliphatic carbocycles. The van der Waals surface area contributed by atoms with E-state index in [4.69, 9.17) is 15.7 Å². The predicted molar refractivity (Wildman–Crippen MR) is 138 cm³/mol. The van der Waals surface area contributed by atoms with Crippen molar-refractivity contribution in [2.24, 2.45) is 5.73 Å². The average Bonchev–Trinajstić information content (AvgIpc) is 2.83. The number of primary amides is 1. The molecular weight excluding hydrogens is 420 g/mol. The van der Waals surface area contributed by atoms with Crippen LogP contribution in [0.1, 0.15) is 21.5 Å². The van der Waals surface area contributed by atoms with Gasteiger partial charge in [-0.3, -0.25) is 4.79 Å². The number of carbonyl (C=O) groups is 1. The molecule has 0 atom stereocenters. The van der Waals surface area contributed by atoms with Crippen LogP contribution in [0.15, 0.2) is 91.0 Å². The maximum atomic E-state index is 12.2.